The van der Waals surface area contributed by atoms with Crippen LogP contribution >= 0.6 is 0 Å². The van der Waals surface area contributed by atoms with Gasteiger partial charge in [-0.25, -0.2) is 4.39 Å². The summed E-state index contributed by atoms with van der Waals surface area (Å²) in [4.78, 5) is 2.32. The van der Waals surface area contributed by atoms with E-state index < -0.39 is 12.9 Å². The number of rotatable bonds is 6. The molecule has 5 heteroatoms. The van der Waals surface area contributed by atoms with Crippen molar-refractivity contribution in [1.29, 1.82) is 0 Å². The van der Waals surface area contributed by atoms with Crippen molar-refractivity contribution < 1.29 is 14.4 Å². The second-order valence-electron chi connectivity index (χ2n) is 5.35. The Kier molecular flexibility index (Phi) is 4.96. The maximum absolute atomic E-state index is 13.4. The van der Waals surface area contributed by atoms with Crippen molar-refractivity contribution in [2.24, 2.45) is 5.92 Å². The Bertz CT molecular complexity index is 424. The molecule has 1 fully saturated rings. The summed E-state index contributed by atoms with van der Waals surface area (Å²) in [5.41, 5.74) is 0.878. The molecule has 3 nitrogen and oxygen atoms in total. The fourth-order valence-electron chi connectivity index (χ4n) is 2.49. The summed E-state index contributed by atoms with van der Waals surface area (Å²) in [6.07, 6.45) is 3.95. The van der Waals surface area contributed by atoms with Crippen LogP contribution in [0.4, 0.5) is 4.39 Å². The Morgan fingerprint density at radius 3 is 2.63 bits per heavy atom. The van der Waals surface area contributed by atoms with Crippen molar-refractivity contribution >= 4 is 12.6 Å². The van der Waals surface area contributed by atoms with Crippen LogP contribution in [0.1, 0.15) is 31.7 Å². The lowest BCUT2D eigenvalue weighted by atomic mass is 9.79. The largest absolute Gasteiger partial charge is 0.491 e. The normalized spacial score (nSPS) is 15.6. The molecule has 0 radical (unpaired) electrons. The lowest BCUT2D eigenvalue weighted by molar-refractivity contribution is 0.178. The van der Waals surface area contributed by atoms with Crippen LogP contribution in [0.2, 0.25) is 0 Å². The zero-order chi connectivity index (χ0) is 13.8. The third kappa shape index (κ3) is 3.78. The minimum atomic E-state index is -1.75. The molecule has 1 aromatic carbocycles. The van der Waals surface area contributed by atoms with E-state index in [0.29, 0.717) is 0 Å². The minimum Gasteiger partial charge on any atom is -0.423 e. The number of nitrogens with zero attached hydrogens (tertiary/aromatic N) is 1. The zero-order valence-electron chi connectivity index (χ0n) is 11.3. The van der Waals surface area contributed by atoms with E-state index in [-0.39, 0.29) is 5.46 Å². The molecule has 0 spiro atoms. The molecule has 0 heterocycles. The van der Waals surface area contributed by atoms with E-state index in [9.17, 15) is 4.39 Å². The molecule has 0 saturated heterocycles. The first-order chi connectivity index (χ1) is 9.10. The Morgan fingerprint density at radius 1 is 1.37 bits per heavy atom. The molecule has 0 amide bonds. The molecule has 19 heavy (non-hydrogen) atoms. The molecule has 0 bridgehead atoms. The molecule has 0 atom stereocenters. The third-order valence-electron chi connectivity index (χ3n) is 3.93. The van der Waals surface area contributed by atoms with Crippen LogP contribution in [0.3, 0.4) is 0 Å². The summed E-state index contributed by atoms with van der Waals surface area (Å²) in [5, 5.41) is 18.2. The van der Waals surface area contributed by atoms with Gasteiger partial charge in [-0.15, -0.1) is 0 Å². The predicted molar refractivity (Wildman–Crippen MR) is 74.5 cm³/mol. The van der Waals surface area contributed by atoms with Crippen LogP contribution in [-0.4, -0.2) is 35.2 Å². The minimum absolute atomic E-state index is 0.0443. The molecule has 2 N–H and O–H groups in total. The smallest absolute Gasteiger partial charge is 0.423 e. The molecule has 0 unspecified atom stereocenters. The van der Waals surface area contributed by atoms with E-state index in [0.717, 1.165) is 31.1 Å². The number of hydrogen-bond donors (Lipinski definition) is 2. The van der Waals surface area contributed by atoms with Gasteiger partial charge in [0, 0.05) is 18.6 Å². The summed E-state index contributed by atoms with van der Waals surface area (Å²) < 4.78 is 13.4. The van der Waals surface area contributed by atoms with Crippen LogP contribution in [0, 0.1) is 11.7 Å². The van der Waals surface area contributed by atoms with Gasteiger partial charge < -0.3 is 10.0 Å². The summed E-state index contributed by atoms with van der Waals surface area (Å²) >= 11 is 0. The average Bonchev–Trinajstić information content (AvgIpc) is 2.33. The van der Waals surface area contributed by atoms with Gasteiger partial charge in [-0.3, -0.25) is 4.90 Å². The van der Waals surface area contributed by atoms with Gasteiger partial charge in [-0.05, 0) is 36.9 Å². The molecular formula is C14H21BFNO2. The fourth-order valence-corrected chi connectivity index (χ4v) is 2.49. The monoisotopic (exact) mass is 265 g/mol. The van der Waals surface area contributed by atoms with Crippen molar-refractivity contribution in [2.45, 2.75) is 32.7 Å². The Hall–Kier alpha value is -0.905. The van der Waals surface area contributed by atoms with E-state index in [2.05, 4.69) is 11.8 Å². The van der Waals surface area contributed by atoms with Crippen molar-refractivity contribution in [2.75, 3.05) is 13.1 Å². The van der Waals surface area contributed by atoms with E-state index in [1.165, 1.54) is 25.3 Å². The van der Waals surface area contributed by atoms with Crippen molar-refractivity contribution in [1.82, 2.24) is 4.90 Å². The van der Waals surface area contributed by atoms with E-state index >= 15 is 0 Å². The van der Waals surface area contributed by atoms with Crippen LogP contribution in [0.15, 0.2) is 18.2 Å². The first-order valence-electron chi connectivity index (χ1n) is 6.97. The summed E-state index contributed by atoms with van der Waals surface area (Å²) in [5.74, 6) is 0.226. The molecule has 1 aliphatic carbocycles. The van der Waals surface area contributed by atoms with Gasteiger partial charge in [0.2, 0.25) is 0 Å². The third-order valence-corrected chi connectivity index (χ3v) is 3.93. The number of benzene rings is 1. The maximum atomic E-state index is 13.4. The second kappa shape index (κ2) is 6.50. The molecule has 0 aromatic heterocycles. The highest BCUT2D eigenvalue weighted by molar-refractivity contribution is 6.58. The van der Waals surface area contributed by atoms with Crippen molar-refractivity contribution in [3.63, 3.8) is 0 Å². The molecule has 104 valence electrons. The Balaban J connectivity index is 2.01. The SMILES string of the molecule is CCN(Cc1ccc(F)c(B(O)O)c1)CC1CCC1. The van der Waals surface area contributed by atoms with Gasteiger partial charge in [0.05, 0.1) is 0 Å². The van der Waals surface area contributed by atoms with Gasteiger partial charge in [-0.2, -0.15) is 0 Å². The molecule has 0 aliphatic heterocycles. The van der Waals surface area contributed by atoms with Crippen LogP contribution in [0.25, 0.3) is 0 Å². The molecule has 1 aliphatic rings. The van der Waals surface area contributed by atoms with Crippen molar-refractivity contribution in [3.05, 3.63) is 29.6 Å². The van der Waals surface area contributed by atoms with Gasteiger partial charge in [0.15, 0.2) is 0 Å². The quantitative estimate of drug-likeness (QED) is 0.758. The zero-order valence-corrected chi connectivity index (χ0v) is 11.3. The van der Waals surface area contributed by atoms with Crippen molar-refractivity contribution in [3.8, 4) is 0 Å². The van der Waals surface area contributed by atoms with E-state index in [4.69, 9.17) is 10.0 Å². The topological polar surface area (TPSA) is 43.7 Å². The first kappa shape index (κ1) is 14.5. The number of halogens is 1. The molecule has 1 saturated carbocycles. The summed E-state index contributed by atoms with van der Waals surface area (Å²) in [6, 6.07) is 4.56. The van der Waals surface area contributed by atoms with Crippen LogP contribution in [0.5, 0.6) is 0 Å². The van der Waals surface area contributed by atoms with E-state index in [1.54, 1.807) is 12.1 Å². The van der Waals surface area contributed by atoms with E-state index in [1.807, 2.05) is 0 Å². The number of hydrogen-bond acceptors (Lipinski definition) is 3. The molecule has 1 aromatic rings. The van der Waals surface area contributed by atoms with Gasteiger partial charge >= 0.3 is 7.12 Å². The highest BCUT2D eigenvalue weighted by atomic mass is 19.1. The summed E-state index contributed by atoms with van der Waals surface area (Å²) in [7, 11) is -1.75. The molecule has 2 rings (SSSR count). The second-order valence-corrected chi connectivity index (χ2v) is 5.35. The standard InChI is InChI=1S/C14H21BFNO2/c1-2-17(9-11-4-3-5-11)10-12-6-7-14(16)13(8-12)15(18)19/h6-8,11,18-19H,2-5,9-10H2,1H3. The highest BCUT2D eigenvalue weighted by Gasteiger charge is 2.21. The highest BCUT2D eigenvalue weighted by Crippen LogP contribution is 2.27. The Morgan fingerprint density at radius 2 is 2.11 bits per heavy atom. The van der Waals surface area contributed by atoms with Gasteiger partial charge in [0.1, 0.15) is 5.82 Å². The average molecular weight is 265 g/mol. The van der Waals surface area contributed by atoms with Crippen LogP contribution in [-0.2, 0) is 6.54 Å². The summed E-state index contributed by atoms with van der Waals surface area (Å²) in [6.45, 7) is 4.87. The van der Waals surface area contributed by atoms with Gasteiger partial charge in [0.25, 0.3) is 0 Å². The van der Waals surface area contributed by atoms with Gasteiger partial charge in [-0.1, -0.05) is 25.5 Å². The van der Waals surface area contributed by atoms with Crippen LogP contribution < -0.4 is 5.46 Å². The predicted octanol–water partition coefficient (Wildman–Crippen LogP) is 1.13. The Labute approximate surface area is 114 Å². The lowest BCUT2D eigenvalue weighted by Crippen LogP contribution is -2.35. The fraction of sp³-hybridized carbons (Fsp3) is 0.571. The lowest BCUT2D eigenvalue weighted by Gasteiger charge is -2.31. The molecular weight excluding hydrogens is 244 g/mol. The maximum Gasteiger partial charge on any atom is 0.491 e. The first-order valence-corrected chi connectivity index (χ1v) is 6.97.